The zero-order valence-electron chi connectivity index (χ0n) is 11.3. The lowest BCUT2D eigenvalue weighted by atomic mass is 9.97. The molecule has 2 aromatic rings. The number of hydrogen-bond acceptors (Lipinski definition) is 2. The van der Waals surface area contributed by atoms with Gasteiger partial charge in [0.25, 0.3) is 0 Å². The van der Waals surface area contributed by atoms with E-state index in [1.54, 1.807) is 0 Å². The molecule has 0 spiro atoms. The van der Waals surface area contributed by atoms with Gasteiger partial charge in [-0.1, -0.05) is 26.0 Å². The third-order valence-corrected chi connectivity index (χ3v) is 3.27. The number of nitrogen functional groups attached to an aromatic ring is 1. The Morgan fingerprint density at radius 2 is 1.89 bits per heavy atom. The lowest BCUT2D eigenvalue weighted by Gasteiger charge is -2.12. The van der Waals surface area contributed by atoms with Gasteiger partial charge in [-0.25, -0.2) is 0 Å². The molecule has 0 saturated heterocycles. The molecule has 2 N–H and O–H groups in total. The summed E-state index contributed by atoms with van der Waals surface area (Å²) in [4.78, 5) is 4.51. The van der Waals surface area contributed by atoms with Gasteiger partial charge in [-0.2, -0.15) is 0 Å². The van der Waals surface area contributed by atoms with Crippen molar-refractivity contribution in [2.45, 2.75) is 33.6 Å². The summed E-state index contributed by atoms with van der Waals surface area (Å²) in [5.41, 5.74) is 12.7. The Morgan fingerprint density at radius 1 is 1.11 bits per heavy atom. The van der Waals surface area contributed by atoms with Crippen LogP contribution in [0.2, 0.25) is 0 Å². The topological polar surface area (TPSA) is 38.9 Å². The highest BCUT2D eigenvalue weighted by Crippen LogP contribution is 2.29. The van der Waals surface area contributed by atoms with Gasteiger partial charge in [-0.05, 0) is 48.6 Å². The van der Waals surface area contributed by atoms with Crippen LogP contribution in [0.5, 0.6) is 0 Å². The van der Waals surface area contributed by atoms with Gasteiger partial charge in [-0.15, -0.1) is 0 Å². The highest BCUT2D eigenvalue weighted by Gasteiger charge is 2.09. The number of anilines is 1. The number of aryl methyl sites for hydroxylation is 3. The highest BCUT2D eigenvalue weighted by atomic mass is 14.7. The molecular weight excluding hydrogens is 220 g/mol. The molecule has 2 rings (SSSR count). The van der Waals surface area contributed by atoms with Crippen molar-refractivity contribution in [3.63, 3.8) is 0 Å². The molecule has 1 aromatic carbocycles. The Hall–Kier alpha value is -1.83. The quantitative estimate of drug-likeness (QED) is 0.887. The third-order valence-electron chi connectivity index (χ3n) is 3.27. The number of aromatic nitrogens is 1. The minimum Gasteiger partial charge on any atom is -0.397 e. The van der Waals surface area contributed by atoms with Crippen LogP contribution in [-0.4, -0.2) is 4.98 Å². The molecule has 94 valence electrons. The van der Waals surface area contributed by atoms with E-state index in [9.17, 15) is 0 Å². The lowest BCUT2D eigenvalue weighted by molar-refractivity contribution is 1.10. The maximum absolute atomic E-state index is 6.11. The number of nitrogens with zero attached hydrogens (tertiary/aromatic N) is 1. The number of rotatable bonds is 3. The normalized spacial score (nSPS) is 10.6. The molecular formula is C16H20N2. The van der Waals surface area contributed by atoms with E-state index in [1.807, 2.05) is 19.2 Å². The third kappa shape index (κ3) is 2.37. The second-order valence-electron chi connectivity index (χ2n) is 4.65. The van der Waals surface area contributed by atoms with Gasteiger partial charge >= 0.3 is 0 Å². The number of pyridine rings is 1. The van der Waals surface area contributed by atoms with Gasteiger partial charge in [0.15, 0.2) is 0 Å². The van der Waals surface area contributed by atoms with Crippen molar-refractivity contribution in [2.24, 2.45) is 0 Å². The van der Waals surface area contributed by atoms with Gasteiger partial charge in [0, 0.05) is 11.8 Å². The first-order chi connectivity index (χ1) is 8.65. The predicted molar refractivity (Wildman–Crippen MR) is 77.6 cm³/mol. The van der Waals surface area contributed by atoms with Gasteiger partial charge in [-0.3, -0.25) is 4.98 Å². The molecule has 1 heterocycles. The van der Waals surface area contributed by atoms with Crippen LogP contribution in [0.4, 0.5) is 5.69 Å². The van der Waals surface area contributed by atoms with Gasteiger partial charge in [0.2, 0.25) is 0 Å². The molecule has 1 aromatic heterocycles. The molecule has 0 atom stereocenters. The molecule has 0 saturated carbocycles. The second kappa shape index (κ2) is 5.21. The molecule has 0 aliphatic rings. The lowest BCUT2D eigenvalue weighted by Crippen LogP contribution is -1.98. The molecule has 0 aliphatic heterocycles. The molecule has 0 aliphatic carbocycles. The van der Waals surface area contributed by atoms with Crippen LogP contribution < -0.4 is 5.73 Å². The number of nitrogens with two attached hydrogens (primary N) is 1. The molecule has 18 heavy (non-hydrogen) atoms. The molecule has 0 amide bonds. The van der Waals surface area contributed by atoms with E-state index < -0.39 is 0 Å². The predicted octanol–water partition coefficient (Wildman–Crippen LogP) is 3.76. The molecule has 2 nitrogen and oxygen atoms in total. The van der Waals surface area contributed by atoms with E-state index in [-0.39, 0.29) is 0 Å². The Labute approximate surface area is 109 Å². The highest BCUT2D eigenvalue weighted by molar-refractivity contribution is 5.75. The van der Waals surface area contributed by atoms with E-state index in [0.29, 0.717) is 0 Å². The summed E-state index contributed by atoms with van der Waals surface area (Å²) in [7, 11) is 0. The van der Waals surface area contributed by atoms with E-state index in [4.69, 9.17) is 5.73 Å². The van der Waals surface area contributed by atoms with Crippen LogP contribution in [0.15, 0.2) is 30.5 Å². The molecule has 0 unspecified atom stereocenters. The van der Waals surface area contributed by atoms with Crippen LogP contribution >= 0.6 is 0 Å². The summed E-state index contributed by atoms with van der Waals surface area (Å²) < 4.78 is 0. The SMILES string of the molecule is CCc1ccc(CC)c(-c2ncc(C)cc2N)c1. The average Bonchev–Trinajstić information content (AvgIpc) is 2.38. The largest absolute Gasteiger partial charge is 0.397 e. The van der Waals surface area contributed by atoms with Gasteiger partial charge in [0.1, 0.15) is 0 Å². The summed E-state index contributed by atoms with van der Waals surface area (Å²) in [6.45, 7) is 6.34. The number of benzene rings is 1. The monoisotopic (exact) mass is 240 g/mol. The summed E-state index contributed by atoms with van der Waals surface area (Å²) in [6.07, 6.45) is 3.90. The maximum Gasteiger partial charge on any atom is 0.0934 e. The van der Waals surface area contributed by atoms with Gasteiger partial charge < -0.3 is 5.73 Å². The van der Waals surface area contributed by atoms with Crippen molar-refractivity contribution in [1.29, 1.82) is 0 Å². The first kappa shape index (κ1) is 12.6. The van der Waals surface area contributed by atoms with E-state index in [0.717, 1.165) is 29.8 Å². The van der Waals surface area contributed by atoms with Crippen molar-refractivity contribution in [2.75, 3.05) is 5.73 Å². The first-order valence-electron chi connectivity index (χ1n) is 6.50. The standard InChI is InChI=1S/C16H20N2/c1-4-12-6-7-13(5-2)14(9-12)16-15(17)8-11(3)10-18-16/h6-10H,4-5,17H2,1-3H3. The van der Waals surface area contributed by atoms with Crippen LogP contribution in [0.3, 0.4) is 0 Å². The summed E-state index contributed by atoms with van der Waals surface area (Å²) >= 11 is 0. The minimum absolute atomic E-state index is 0.762. The zero-order chi connectivity index (χ0) is 13.1. The summed E-state index contributed by atoms with van der Waals surface area (Å²) in [5.74, 6) is 0. The van der Waals surface area contributed by atoms with Crippen molar-refractivity contribution in [1.82, 2.24) is 4.98 Å². The van der Waals surface area contributed by atoms with E-state index >= 15 is 0 Å². The second-order valence-corrected chi connectivity index (χ2v) is 4.65. The fourth-order valence-electron chi connectivity index (χ4n) is 2.19. The Bertz CT molecular complexity index is 559. The zero-order valence-corrected chi connectivity index (χ0v) is 11.3. The molecule has 0 radical (unpaired) electrons. The fourth-order valence-corrected chi connectivity index (χ4v) is 2.19. The summed E-state index contributed by atoms with van der Waals surface area (Å²) in [5, 5.41) is 0. The van der Waals surface area contributed by atoms with Crippen molar-refractivity contribution < 1.29 is 0 Å². The first-order valence-corrected chi connectivity index (χ1v) is 6.50. The van der Waals surface area contributed by atoms with Crippen LogP contribution in [0, 0.1) is 6.92 Å². The van der Waals surface area contributed by atoms with Crippen LogP contribution in [0.25, 0.3) is 11.3 Å². The molecule has 0 bridgehead atoms. The van der Waals surface area contributed by atoms with Crippen molar-refractivity contribution in [3.8, 4) is 11.3 Å². The van der Waals surface area contributed by atoms with Crippen molar-refractivity contribution in [3.05, 3.63) is 47.2 Å². The Morgan fingerprint density at radius 3 is 2.50 bits per heavy atom. The Kier molecular flexibility index (Phi) is 3.66. The smallest absolute Gasteiger partial charge is 0.0934 e. The molecule has 2 heteroatoms. The molecule has 0 fully saturated rings. The van der Waals surface area contributed by atoms with E-state index in [1.165, 1.54) is 16.7 Å². The average molecular weight is 240 g/mol. The van der Waals surface area contributed by atoms with Crippen molar-refractivity contribution >= 4 is 5.69 Å². The fraction of sp³-hybridized carbons (Fsp3) is 0.312. The Balaban J connectivity index is 2.60. The van der Waals surface area contributed by atoms with Crippen LogP contribution in [0.1, 0.15) is 30.5 Å². The van der Waals surface area contributed by atoms with Crippen LogP contribution in [-0.2, 0) is 12.8 Å². The van der Waals surface area contributed by atoms with E-state index in [2.05, 4.69) is 37.0 Å². The maximum atomic E-state index is 6.11. The van der Waals surface area contributed by atoms with Gasteiger partial charge in [0.05, 0.1) is 11.4 Å². The minimum atomic E-state index is 0.762. The summed E-state index contributed by atoms with van der Waals surface area (Å²) in [6, 6.07) is 8.58. The number of hydrogen-bond donors (Lipinski definition) is 1.